The highest BCUT2D eigenvalue weighted by atomic mass is 14.8. The smallest absolute Gasteiger partial charge is 0.0630 e. The van der Waals surface area contributed by atoms with E-state index < -0.39 is 0 Å². The van der Waals surface area contributed by atoms with E-state index in [-0.39, 0.29) is 0 Å². The molecule has 0 bridgehead atoms. The molecule has 3 rings (SSSR count). The van der Waals surface area contributed by atoms with Gasteiger partial charge in [0.1, 0.15) is 0 Å². The molecule has 0 aromatic heterocycles. The molecular weight excluding hydrogens is 314 g/mol. The SMILES string of the molecule is C=C(N=C(/C=C(\C)c1ccccc1)C1C=CCCC1)C1=CCC=CC=C1. The molecule has 0 fully saturated rings. The van der Waals surface area contributed by atoms with Crippen LogP contribution in [0.4, 0.5) is 0 Å². The van der Waals surface area contributed by atoms with Crippen LogP contribution in [0.2, 0.25) is 0 Å². The average Bonchev–Trinajstić information content (AvgIpc) is 2.98. The Labute approximate surface area is 157 Å². The summed E-state index contributed by atoms with van der Waals surface area (Å²) in [6, 6.07) is 10.5. The zero-order chi connectivity index (χ0) is 18.2. The molecule has 132 valence electrons. The molecule has 0 heterocycles. The Balaban J connectivity index is 1.93. The van der Waals surface area contributed by atoms with E-state index in [9.17, 15) is 0 Å². The Morgan fingerprint density at radius 2 is 2.00 bits per heavy atom. The van der Waals surface area contributed by atoms with Gasteiger partial charge in [-0.05, 0) is 55.4 Å². The minimum atomic E-state index is 0.368. The first-order chi connectivity index (χ1) is 12.7. The van der Waals surface area contributed by atoms with Gasteiger partial charge in [0.05, 0.1) is 5.70 Å². The molecule has 2 aliphatic carbocycles. The van der Waals surface area contributed by atoms with Gasteiger partial charge in [-0.15, -0.1) is 0 Å². The fourth-order valence-electron chi connectivity index (χ4n) is 3.30. The van der Waals surface area contributed by atoms with Crippen LogP contribution in [0.15, 0.2) is 102 Å². The highest BCUT2D eigenvalue weighted by Gasteiger charge is 2.15. The fraction of sp³-hybridized carbons (Fsp3) is 0.240. The Morgan fingerprint density at radius 1 is 1.15 bits per heavy atom. The minimum Gasteiger partial charge on any atom is -0.253 e. The van der Waals surface area contributed by atoms with Gasteiger partial charge in [-0.1, -0.05) is 79.4 Å². The molecule has 1 nitrogen and oxygen atoms in total. The van der Waals surface area contributed by atoms with Crippen LogP contribution in [-0.2, 0) is 0 Å². The average molecular weight is 341 g/mol. The zero-order valence-electron chi connectivity index (χ0n) is 15.6. The lowest BCUT2D eigenvalue weighted by atomic mass is 9.89. The van der Waals surface area contributed by atoms with Crippen LogP contribution in [-0.4, -0.2) is 5.71 Å². The summed E-state index contributed by atoms with van der Waals surface area (Å²) in [4.78, 5) is 4.98. The first-order valence-corrected chi connectivity index (χ1v) is 9.45. The second kappa shape index (κ2) is 9.15. The quantitative estimate of drug-likeness (QED) is 0.410. The van der Waals surface area contributed by atoms with Gasteiger partial charge < -0.3 is 0 Å². The molecule has 0 N–H and O–H groups in total. The van der Waals surface area contributed by atoms with Gasteiger partial charge in [0, 0.05) is 11.6 Å². The number of hydrogen-bond acceptors (Lipinski definition) is 1. The molecule has 1 aromatic carbocycles. The van der Waals surface area contributed by atoms with Gasteiger partial charge >= 0.3 is 0 Å². The van der Waals surface area contributed by atoms with Crippen molar-refractivity contribution < 1.29 is 0 Å². The van der Waals surface area contributed by atoms with Crippen molar-refractivity contribution in [3.63, 3.8) is 0 Å². The predicted molar refractivity (Wildman–Crippen MR) is 114 cm³/mol. The van der Waals surface area contributed by atoms with Crippen molar-refractivity contribution >= 4 is 11.3 Å². The molecule has 0 saturated heterocycles. The molecule has 1 atom stereocenters. The second-order valence-electron chi connectivity index (χ2n) is 6.82. The van der Waals surface area contributed by atoms with Gasteiger partial charge in [-0.2, -0.15) is 0 Å². The maximum Gasteiger partial charge on any atom is 0.0630 e. The number of benzene rings is 1. The summed E-state index contributed by atoms with van der Waals surface area (Å²) in [5.74, 6) is 0.368. The van der Waals surface area contributed by atoms with Crippen LogP contribution >= 0.6 is 0 Å². The minimum absolute atomic E-state index is 0.368. The van der Waals surface area contributed by atoms with Crippen LogP contribution in [0.25, 0.3) is 5.57 Å². The highest BCUT2D eigenvalue weighted by Crippen LogP contribution is 2.24. The Kier molecular flexibility index (Phi) is 6.38. The van der Waals surface area contributed by atoms with E-state index in [1.54, 1.807) is 0 Å². The molecule has 0 spiro atoms. The van der Waals surface area contributed by atoms with Gasteiger partial charge in [0.15, 0.2) is 0 Å². The molecule has 0 amide bonds. The van der Waals surface area contributed by atoms with E-state index in [0.717, 1.165) is 29.8 Å². The number of allylic oxidation sites excluding steroid dienone is 9. The van der Waals surface area contributed by atoms with E-state index in [1.807, 2.05) is 0 Å². The van der Waals surface area contributed by atoms with Crippen LogP contribution in [0, 0.1) is 5.92 Å². The standard InChI is InChI=1S/C25H27N/c1-20(22-13-9-5-10-14-22)19-25(24-17-11-6-12-18-24)26-21(2)23-15-7-3-4-8-16-23/h3-5,7,9-11,13-17,19,24H,2,6,8,12,18H2,1H3/b20-19+,26-25?. The summed E-state index contributed by atoms with van der Waals surface area (Å²) in [5.41, 5.74) is 5.54. The maximum absolute atomic E-state index is 4.98. The third kappa shape index (κ3) is 4.92. The van der Waals surface area contributed by atoms with Crippen molar-refractivity contribution in [2.75, 3.05) is 0 Å². The predicted octanol–water partition coefficient (Wildman–Crippen LogP) is 6.84. The van der Waals surface area contributed by atoms with Crippen LogP contribution in [0.3, 0.4) is 0 Å². The summed E-state index contributed by atoms with van der Waals surface area (Å²) < 4.78 is 0. The van der Waals surface area contributed by atoms with Crippen molar-refractivity contribution in [2.24, 2.45) is 10.9 Å². The first-order valence-electron chi connectivity index (χ1n) is 9.45. The summed E-state index contributed by atoms with van der Waals surface area (Å²) >= 11 is 0. The normalized spacial score (nSPS) is 20.7. The van der Waals surface area contributed by atoms with E-state index >= 15 is 0 Å². The maximum atomic E-state index is 4.98. The molecule has 1 heteroatoms. The third-order valence-corrected chi connectivity index (χ3v) is 4.82. The van der Waals surface area contributed by atoms with E-state index in [2.05, 4.69) is 92.4 Å². The van der Waals surface area contributed by atoms with Gasteiger partial charge in [0.25, 0.3) is 0 Å². The summed E-state index contributed by atoms with van der Waals surface area (Å²) in [5, 5.41) is 0. The summed E-state index contributed by atoms with van der Waals surface area (Å²) in [6.07, 6.45) is 21.9. The van der Waals surface area contributed by atoms with Crippen molar-refractivity contribution in [3.8, 4) is 0 Å². The number of hydrogen-bond donors (Lipinski definition) is 0. The number of rotatable bonds is 5. The molecule has 1 aromatic rings. The highest BCUT2D eigenvalue weighted by molar-refractivity contribution is 6.03. The largest absolute Gasteiger partial charge is 0.253 e. The fourth-order valence-corrected chi connectivity index (χ4v) is 3.30. The second-order valence-corrected chi connectivity index (χ2v) is 6.82. The molecule has 0 aliphatic heterocycles. The van der Waals surface area contributed by atoms with E-state index in [1.165, 1.54) is 24.0 Å². The van der Waals surface area contributed by atoms with Crippen LogP contribution < -0.4 is 0 Å². The monoisotopic (exact) mass is 341 g/mol. The van der Waals surface area contributed by atoms with E-state index in [0.29, 0.717) is 5.92 Å². The first kappa shape index (κ1) is 18.1. The zero-order valence-corrected chi connectivity index (χ0v) is 15.6. The Hall–Kier alpha value is -2.67. The number of aliphatic imine (C=N–C) groups is 1. The lowest BCUT2D eigenvalue weighted by Crippen LogP contribution is -2.13. The Bertz CT molecular complexity index is 813. The summed E-state index contributed by atoms with van der Waals surface area (Å²) in [6.45, 7) is 6.41. The van der Waals surface area contributed by atoms with Gasteiger partial charge in [-0.3, -0.25) is 4.99 Å². The lowest BCUT2D eigenvalue weighted by Gasteiger charge is -2.18. The molecule has 0 radical (unpaired) electrons. The van der Waals surface area contributed by atoms with Crippen LogP contribution in [0.1, 0.15) is 38.2 Å². The van der Waals surface area contributed by atoms with Gasteiger partial charge in [0.2, 0.25) is 0 Å². The third-order valence-electron chi connectivity index (χ3n) is 4.82. The molecular formula is C25H27N. The number of nitrogens with zero attached hydrogens (tertiary/aromatic N) is 1. The van der Waals surface area contributed by atoms with Crippen molar-refractivity contribution in [2.45, 2.75) is 32.6 Å². The molecule has 2 aliphatic rings. The summed E-state index contributed by atoms with van der Waals surface area (Å²) in [7, 11) is 0. The molecule has 26 heavy (non-hydrogen) atoms. The molecule has 0 saturated carbocycles. The van der Waals surface area contributed by atoms with E-state index in [4.69, 9.17) is 4.99 Å². The van der Waals surface area contributed by atoms with Crippen molar-refractivity contribution in [1.29, 1.82) is 0 Å². The Morgan fingerprint density at radius 3 is 2.77 bits per heavy atom. The lowest BCUT2D eigenvalue weighted by molar-refractivity contribution is 0.656. The van der Waals surface area contributed by atoms with Gasteiger partial charge in [-0.25, -0.2) is 0 Å². The van der Waals surface area contributed by atoms with Crippen molar-refractivity contribution in [1.82, 2.24) is 0 Å². The van der Waals surface area contributed by atoms with Crippen LogP contribution in [0.5, 0.6) is 0 Å². The molecule has 1 unspecified atom stereocenters. The topological polar surface area (TPSA) is 12.4 Å². The van der Waals surface area contributed by atoms with Crippen molar-refractivity contribution in [3.05, 3.63) is 102 Å².